The predicted molar refractivity (Wildman–Crippen MR) is 69.6 cm³/mol. The van der Waals surface area contributed by atoms with Crippen LogP contribution >= 0.6 is 11.6 Å². The van der Waals surface area contributed by atoms with Crippen molar-refractivity contribution in [3.05, 3.63) is 4.91 Å². The highest BCUT2D eigenvalue weighted by molar-refractivity contribution is 6.18. The second-order valence-corrected chi connectivity index (χ2v) is 4.76. The molecule has 0 radical (unpaired) electrons. The molecule has 1 saturated carbocycles. The first kappa shape index (κ1) is 15.7. The molecule has 0 saturated heterocycles. The minimum Gasteiger partial charge on any atom is -0.460 e. The van der Waals surface area contributed by atoms with Gasteiger partial charge in [0.2, 0.25) is 0 Å². The van der Waals surface area contributed by atoms with Crippen molar-refractivity contribution in [2.75, 3.05) is 12.4 Å². The van der Waals surface area contributed by atoms with E-state index in [1.54, 1.807) is 0 Å². The first-order valence-corrected chi connectivity index (χ1v) is 6.76. The summed E-state index contributed by atoms with van der Waals surface area (Å²) < 4.78 is 5.17. The van der Waals surface area contributed by atoms with Crippen LogP contribution in [0.3, 0.4) is 0 Å². The molecule has 1 fully saturated rings. The van der Waals surface area contributed by atoms with Gasteiger partial charge in [-0.1, -0.05) is 6.42 Å². The first-order valence-electron chi connectivity index (χ1n) is 6.23. The Kier molecular flexibility index (Phi) is 6.55. The lowest BCUT2D eigenvalue weighted by atomic mass is 9.92. The van der Waals surface area contributed by atoms with Crippen LogP contribution in [0.4, 0.5) is 4.79 Å². The molecule has 1 aliphatic rings. The van der Waals surface area contributed by atoms with Gasteiger partial charge in [-0.15, -0.1) is 16.5 Å². The summed E-state index contributed by atoms with van der Waals surface area (Å²) in [6, 6.07) is -0.899. The van der Waals surface area contributed by atoms with Crippen LogP contribution in [0.1, 0.15) is 32.6 Å². The van der Waals surface area contributed by atoms with E-state index in [0.717, 1.165) is 17.9 Å². The number of ether oxygens (including phenoxy) is 1. The average Bonchev–Trinajstić information content (AvgIpc) is 2.37. The van der Waals surface area contributed by atoms with Crippen molar-refractivity contribution in [3.63, 3.8) is 0 Å². The smallest absolute Gasteiger partial charge is 0.340 e. The number of nitroso groups, excluding NO2 is 1. The number of nitrogens with zero attached hydrogens (tertiary/aromatic N) is 2. The van der Waals surface area contributed by atoms with Crippen molar-refractivity contribution in [2.24, 2.45) is 5.29 Å². The number of amides is 2. The first-order chi connectivity index (χ1) is 9.08. The quantitative estimate of drug-likeness (QED) is 0.362. The van der Waals surface area contributed by atoms with Crippen LogP contribution in [0.2, 0.25) is 0 Å². The van der Waals surface area contributed by atoms with Crippen molar-refractivity contribution >= 4 is 23.6 Å². The van der Waals surface area contributed by atoms with Crippen LogP contribution in [0.15, 0.2) is 5.29 Å². The summed E-state index contributed by atoms with van der Waals surface area (Å²) in [6.45, 7) is 1.38. The Morgan fingerprint density at radius 3 is 2.68 bits per heavy atom. The minimum absolute atomic E-state index is 0.0435. The maximum absolute atomic E-state index is 11.8. The van der Waals surface area contributed by atoms with Gasteiger partial charge in [-0.25, -0.2) is 4.79 Å². The zero-order valence-electron chi connectivity index (χ0n) is 10.8. The number of urea groups is 1. The Morgan fingerprint density at radius 2 is 2.11 bits per heavy atom. The molecule has 0 bridgehead atoms. The minimum atomic E-state index is -0.611. The van der Waals surface area contributed by atoms with E-state index in [1.807, 2.05) is 0 Å². The zero-order valence-corrected chi connectivity index (χ0v) is 11.6. The van der Waals surface area contributed by atoms with E-state index in [2.05, 4.69) is 10.6 Å². The highest BCUT2D eigenvalue weighted by Gasteiger charge is 2.30. The maximum Gasteiger partial charge on any atom is 0.340 e. The monoisotopic (exact) mass is 291 g/mol. The summed E-state index contributed by atoms with van der Waals surface area (Å²) in [7, 11) is 0. The Balaban J connectivity index is 2.58. The van der Waals surface area contributed by atoms with Crippen molar-refractivity contribution < 1.29 is 14.3 Å². The molecule has 1 N–H and O–H groups in total. The molecule has 0 unspecified atom stereocenters. The molecule has 7 nitrogen and oxygen atoms in total. The zero-order chi connectivity index (χ0) is 14.3. The fourth-order valence-corrected chi connectivity index (χ4v) is 2.27. The van der Waals surface area contributed by atoms with Gasteiger partial charge in [-0.05, 0) is 19.3 Å². The number of esters is 1. The molecule has 0 aliphatic heterocycles. The number of alkyl halides is 1. The van der Waals surface area contributed by atoms with Gasteiger partial charge in [0, 0.05) is 12.8 Å². The van der Waals surface area contributed by atoms with Crippen molar-refractivity contribution in [1.82, 2.24) is 10.3 Å². The largest absolute Gasteiger partial charge is 0.460 e. The van der Waals surface area contributed by atoms with Gasteiger partial charge in [0.25, 0.3) is 0 Å². The topological polar surface area (TPSA) is 88.1 Å². The van der Waals surface area contributed by atoms with Crippen LogP contribution in [0.5, 0.6) is 0 Å². The molecule has 0 aromatic heterocycles. The summed E-state index contributed by atoms with van der Waals surface area (Å²) >= 11 is 5.47. The molecule has 2 atom stereocenters. The van der Waals surface area contributed by atoms with Crippen molar-refractivity contribution in [2.45, 2.75) is 44.8 Å². The molecule has 8 heteroatoms. The van der Waals surface area contributed by atoms with E-state index in [9.17, 15) is 14.5 Å². The summed E-state index contributed by atoms with van der Waals surface area (Å²) in [5.41, 5.74) is 0. The third-order valence-corrected chi connectivity index (χ3v) is 3.13. The normalized spacial score (nSPS) is 22.4. The Hall–Kier alpha value is -1.37. The molecule has 19 heavy (non-hydrogen) atoms. The van der Waals surface area contributed by atoms with Crippen LogP contribution in [-0.2, 0) is 9.53 Å². The predicted octanol–water partition coefficient (Wildman–Crippen LogP) is 1.79. The second-order valence-electron chi connectivity index (χ2n) is 4.38. The van der Waals surface area contributed by atoms with Gasteiger partial charge in [0.05, 0.1) is 17.9 Å². The number of hydrogen-bond acceptors (Lipinski definition) is 5. The number of nitrogens with one attached hydrogen (secondary N) is 1. The number of rotatable bonds is 5. The molecule has 0 aromatic carbocycles. The molecule has 1 rings (SSSR count). The van der Waals surface area contributed by atoms with Crippen LogP contribution in [0, 0.1) is 4.91 Å². The Labute approximate surface area is 116 Å². The fraction of sp³-hybridized carbons (Fsp3) is 0.818. The summed E-state index contributed by atoms with van der Waals surface area (Å²) in [4.78, 5) is 33.3. The number of carbonyl (C=O) groups excluding carboxylic acids is 2. The summed E-state index contributed by atoms with van der Waals surface area (Å²) in [6.07, 6.45) is 2.94. The molecular weight excluding hydrogens is 274 g/mol. The molecule has 1 aliphatic carbocycles. The van der Waals surface area contributed by atoms with E-state index in [1.165, 1.54) is 6.92 Å². The van der Waals surface area contributed by atoms with E-state index in [4.69, 9.17) is 16.3 Å². The van der Waals surface area contributed by atoms with E-state index < -0.39 is 6.03 Å². The lowest BCUT2D eigenvalue weighted by Crippen LogP contribution is -2.50. The maximum atomic E-state index is 11.8. The van der Waals surface area contributed by atoms with Gasteiger partial charge >= 0.3 is 12.0 Å². The van der Waals surface area contributed by atoms with Gasteiger partial charge < -0.3 is 10.1 Å². The molecular formula is C11H18ClN3O4. The van der Waals surface area contributed by atoms with Crippen LogP contribution in [-0.4, -0.2) is 41.6 Å². The highest BCUT2D eigenvalue weighted by Crippen LogP contribution is 2.21. The third-order valence-electron chi connectivity index (χ3n) is 2.96. The standard InChI is InChI=1S/C11H18ClN3O4/c1-8(16)19-10-5-3-2-4-9(10)13-11(17)15(14-18)7-6-12/h9-10H,2-7H2,1H3,(H,13,17)/t9-,10-/m1/s1. The van der Waals surface area contributed by atoms with E-state index >= 15 is 0 Å². The van der Waals surface area contributed by atoms with Crippen molar-refractivity contribution in [1.29, 1.82) is 0 Å². The number of halogens is 1. The van der Waals surface area contributed by atoms with Gasteiger partial charge in [-0.3, -0.25) is 4.79 Å². The summed E-state index contributed by atoms with van der Waals surface area (Å²) in [5.74, 6) is -0.255. The Morgan fingerprint density at radius 1 is 1.42 bits per heavy atom. The molecule has 108 valence electrons. The lowest BCUT2D eigenvalue weighted by Gasteiger charge is -2.32. The number of hydrogen-bond donors (Lipinski definition) is 1. The van der Waals surface area contributed by atoms with Gasteiger partial charge in [-0.2, -0.15) is 5.01 Å². The van der Waals surface area contributed by atoms with E-state index in [-0.39, 0.29) is 30.5 Å². The van der Waals surface area contributed by atoms with Gasteiger partial charge in [0.15, 0.2) is 0 Å². The highest BCUT2D eigenvalue weighted by atomic mass is 35.5. The molecule has 0 heterocycles. The average molecular weight is 292 g/mol. The number of carbonyl (C=O) groups is 2. The lowest BCUT2D eigenvalue weighted by molar-refractivity contribution is -0.149. The Bertz CT molecular complexity index is 340. The van der Waals surface area contributed by atoms with Crippen molar-refractivity contribution in [3.8, 4) is 0 Å². The van der Waals surface area contributed by atoms with Gasteiger partial charge in [0.1, 0.15) is 6.10 Å². The molecule has 0 aromatic rings. The van der Waals surface area contributed by atoms with Crippen LogP contribution in [0.25, 0.3) is 0 Å². The van der Waals surface area contributed by atoms with E-state index in [0.29, 0.717) is 12.8 Å². The molecule has 0 spiro atoms. The third kappa shape index (κ3) is 5.02. The SMILES string of the molecule is CC(=O)O[C@@H]1CCCC[C@H]1NC(=O)N(CCCl)N=O. The van der Waals surface area contributed by atoms with Crippen LogP contribution < -0.4 is 5.32 Å². The molecule has 2 amide bonds. The summed E-state index contributed by atoms with van der Waals surface area (Å²) in [5, 5.41) is 6.00. The second kappa shape index (κ2) is 7.93. The fourth-order valence-electron chi connectivity index (χ4n) is 2.11.